The number of aromatic nitrogens is 2. The van der Waals surface area contributed by atoms with Crippen LogP contribution in [0.4, 0.5) is 5.82 Å². The summed E-state index contributed by atoms with van der Waals surface area (Å²) in [6, 6.07) is 13.3. The van der Waals surface area contributed by atoms with Crippen LogP contribution in [0.15, 0.2) is 48.8 Å². The van der Waals surface area contributed by atoms with E-state index in [0.717, 1.165) is 22.7 Å². The first kappa shape index (κ1) is 17.9. The van der Waals surface area contributed by atoms with Crippen LogP contribution in [0.2, 0.25) is 0 Å². The molecule has 28 heavy (non-hydrogen) atoms. The van der Waals surface area contributed by atoms with Crippen molar-refractivity contribution in [3.8, 4) is 22.9 Å². The van der Waals surface area contributed by atoms with Crippen molar-refractivity contribution in [1.82, 2.24) is 9.55 Å². The Morgan fingerprint density at radius 3 is 2.64 bits per heavy atom. The van der Waals surface area contributed by atoms with Gasteiger partial charge in [0.05, 0.1) is 32.7 Å². The Bertz CT molecular complexity index is 1030. The molecule has 0 saturated heterocycles. The lowest BCUT2D eigenvalue weighted by Crippen LogP contribution is -2.25. The second-order valence-corrected chi connectivity index (χ2v) is 6.44. The molecular formula is C21H21N3O4. The summed E-state index contributed by atoms with van der Waals surface area (Å²) in [5.74, 6) is 2.31. The number of hydrogen-bond donors (Lipinski definition) is 1. The SMILES string of the molecule is COc1cccc(-n2cnc3c2NC(=O)C[C@H]3c2cccc(OC)c2OC)c1. The molecule has 0 spiro atoms. The van der Waals surface area contributed by atoms with Gasteiger partial charge in [0.25, 0.3) is 0 Å². The molecule has 7 heteroatoms. The van der Waals surface area contributed by atoms with Gasteiger partial charge in [0.2, 0.25) is 5.91 Å². The van der Waals surface area contributed by atoms with E-state index in [0.29, 0.717) is 17.3 Å². The van der Waals surface area contributed by atoms with Gasteiger partial charge >= 0.3 is 0 Å². The maximum absolute atomic E-state index is 12.5. The Hall–Kier alpha value is -3.48. The van der Waals surface area contributed by atoms with Crippen molar-refractivity contribution in [1.29, 1.82) is 0 Å². The molecule has 1 aliphatic heterocycles. The van der Waals surface area contributed by atoms with Gasteiger partial charge in [-0.15, -0.1) is 0 Å². The molecule has 0 bridgehead atoms. The molecule has 0 fully saturated rings. The monoisotopic (exact) mass is 379 g/mol. The second kappa shape index (κ2) is 7.26. The zero-order valence-electron chi connectivity index (χ0n) is 15.9. The number of carbonyl (C=O) groups is 1. The lowest BCUT2D eigenvalue weighted by molar-refractivity contribution is -0.116. The Morgan fingerprint density at radius 1 is 1.07 bits per heavy atom. The Morgan fingerprint density at radius 2 is 1.89 bits per heavy atom. The van der Waals surface area contributed by atoms with E-state index in [1.165, 1.54) is 0 Å². The number of nitrogens with zero attached hydrogens (tertiary/aromatic N) is 2. The number of imidazole rings is 1. The van der Waals surface area contributed by atoms with Crippen LogP contribution in [0.5, 0.6) is 17.2 Å². The first-order valence-electron chi connectivity index (χ1n) is 8.88. The van der Waals surface area contributed by atoms with E-state index in [4.69, 9.17) is 14.2 Å². The van der Waals surface area contributed by atoms with Crippen LogP contribution < -0.4 is 19.5 Å². The first-order chi connectivity index (χ1) is 13.7. The highest BCUT2D eigenvalue weighted by Crippen LogP contribution is 2.43. The lowest BCUT2D eigenvalue weighted by atomic mass is 9.89. The number of para-hydroxylation sites is 1. The number of fused-ring (bicyclic) bond motifs is 1. The van der Waals surface area contributed by atoms with Crippen LogP contribution in [0.25, 0.3) is 5.69 Å². The number of amides is 1. The van der Waals surface area contributed by atoms with E-state index in [9.17, 15) is 4.79 Å². The van der Waals surface area contributed by atoms with Crippen molar-refractivity contribution < 1.29 is 19.0 Å². The van der Waals surface area contributed by atoms with Gasteiger partial charge in [-0.3, -0.25) is 9.36 Å². The van der Waals surface area contributed by atoms with E-state index >= 15 is 0 Å². The largest absolute Gasteiger partial charge is 0.497 e. The maximum Gasteiger partial charge on any atom is 0.226 e. The summed E-state index contributed by atoms with van der Waals surface area (Å²) < 4.78 is 18.2. The van der Waals surface area contributed by atoms with Crippen molar-refractivity contribution in [3.05, 3.63) is 60.0 Å². The van der Waals surface area contributed by atoms with Gasteiger partial charge in [0, 0.05) is 24.0 Å². The molecular weight excluding hydrogens is 358 g/mol. The number of rotatable bonds is 5. The highest BCUT2D eigenvalue weighted by Gasteiger charge is 2.33. The number of anilines is 1. The van der Waals surface area contributed by atoms with Gasteiger partial charge in [-0.2, -0.15) is 0 Å². The van der Waals surface area contributed by atoms with Crippen LogP contribution in [0.1, 0.15) is 23.6 Å². The molecule has 7 nitrogen and oxygen atoms in total. The van der Waals surface area contributed by atoms with E-state index in [1.807, 2.05) is 47.0 Å². The fourth-order valence-electron chi connectivity index (χ4n) is 3.61. The molecule has 1 atom stereocenters. The van der Waals surface area contributed by atoms with Crippen LogP contribution in [0, 0.1) is 0 Å². The summed E-state index contributed by atoms with van der Waals surface area (Å²) in [4.78, 5) is 17.1. The summed E-state index contributed by atoms with van der Waals surface area (Å²) in [7, 11) is 4.81. The molecule has 0 saturated carbocycles. The van der Waals surface area contributed by atoms with E-state index in [1.54, 1.807) is 27.7 Å². The van der Waals surface area contributed by atoms with E-state index in [2.05, 4.69) is 10.3 Å². The van der Waals surface area contributed by atoms with Crippen LogP contribution in [0.3, 0.4) is 0 Å². The van der Waals surface area contributed by atoms with Crippen LogP contribution in [-0.4, -0.2) is 36.8 Å². The smallest absolute Gasteiger partial charge is 0.226 e. The van der Waals surface area contributed by atoms with Crippen molar-refractivity contribution in [2.75, 3.05) is 26.6 Å². The summed E-state index contributed by atoms with van der Waals surface area (Å²) in [5, 5.41) is 2.96. The third-order valence-electron chi connectivity index (χ3n) is 4.91. The minimum Gasteiger partial charge on any atom is -0.497 e. The first-order valence-corrected chi connectivity index (χ1v) is 8.88. The molecule has 1 aromatic heterocycles. The molecule has 2 heterocycles. The van der Waals surface area contributed by atoms with Gasteiger partial charge in [0.1, 0.15) is 17.9 Å². The summed E-state index contributed by atoms with van der Waals surface area (Å²) in [6.45, 7) is 0. The number of carbonyl (C=O) groups excluding carboxylic acids is 1. The molecule has 2 aromatic carbocycles. The molecule has 3 aromatic rings. The molecule has 144 valence electrons. The number of nitrogens with one attached hydrogen (secondary N) is 1. The molecule has 0 unspecified atom stereocenters. The van der Waals surface area contributed by atoms with Gasteiger partial charge < -0.3 is 19.5 Å². The summed E-state index contributed by atoms with van der Waals surface area (Å²) in [6.07, 6.45) is 2.00. The van der Waals surface area contributed by atoms with E-state index < -0.39 is 0 Å². The number of ether oxygens (including phenoxy) is 3. The fraction of sp³-hybridized carbons (Fsp3) is 0.238. The standard InChI is InChI=1S/C21H21N3O4/c1-26-14-7-4-6-13(10-14)24-12-22-19-16(11-18(25)23-21(19)24)15-8-5-9-17(27-2)20(15)28-3/h4-10,12,16H,11H2,1-3H3,(H,23,25)/t16-/m0/s1. The Kier molecular flexibility index (Phi) is 4.65. The van der Waals surface area contributed by atoms with Crippen molar-refractivity contribution in [2.45, 2.75) is 12.3 Å². The Balaban J connectivity index is 1.84. The van der Waals surface area contributed by atoms with Crippen molar-refractivity contribution >= 4 is 11.7 Å². The minimum absolute atomic E-state index is 0.0768. The third-order valence-corrected chi connectivity index (χ3v) is 4.91. The molecule has 4 rings (SSSR count). The zero-order chi connectivity index (χ0) is 19.7. The average Bonchev–Trinajstić information content (AvgIpc) is 3.16. The van der Waals surface area contributed by atoms with Gasteiger partial charge in [-0.05, 0) is 18.2 Å². The number of hydrogen-bond acceptors (Lipinski definition) is 5. The minimum atomic E-state index is -0.236. The predicted octanol–water partition coefficient (Wildman–Crippen LogP) is 3.37. The quantitative estimate of drug-likeness (QED) is 0.736. The number of benzene rings is 2. The van der Waals surface area contributed by atoms with Gasteiger partial charge in [0.15, 0.2) is 11.5 Å². The highest BCUT2D eigenvalue weighted by molar-refractivity contribution is 5.94. The average molecular weight is 379 g/mol. The van der Waals surface area contributed by atoms with E-state index in [-0.39, 0.29) is 18.2 Å². The van der Waals surface area contributed by atoms with Crippen LogP contribution in [-0.2, 0) is 4.79 Å². The normalized spacial score (nSPS) is 15.5. The zero-order valence-corrected chi connectivity index (χ0v) is 15.9. The highest BCUT2D eigenvalue weighted by atomic mass is 16.5. The molecule has 1 amide bonds. The third kappa shape index (κ3) is 2.94. The van der Waals surface area contributed by atoms with Gasteiger partial charge in [-0.25, -0.2) is 4.98 Å². The topological polar surface area (TPSA) is 74.6 Å². The molecule has 1 aliphatic rings. The molecule has 0 radical (unpaired) electrons. The maximum atomic E-state index is 12.5. The summed E-state index contributed by atoms with van der Waals surface area (Å²) in [5.41, 5.74) is 2.51. The predicted molar refractivity (Wildman–Crippen MR) is 105 cm³/mol. The number of methoxy groups -OCH3 is 3. The molecule has 1 N–H and O–H groups in total. The van der Waals surface area contributed by atoms with Crippen molar-refractivity contribution in [2.24, 2.45) is 0 Å². The summed E-state index contributed by atoms with van der Waals surface area (Å²) >= 11 is 0. The van der Waals surface area contributed by atoms with Crippen molar-refractivity contribution in [3.63, 3.8) is 0 Å². The fourth-order valence-corrected chi connectivity index (χ4v) is 3.61. The van der Waals surface area contributed by atoms with Gasteiger partial charge in [-0.1, -0.05) is 18.2 Å². The lowest BCUT2D eigenvalue weighted by Gasteiger charge is -2.25. The Labute approximate surface area is 162 Å². The second-order valence-electron chi connectivity index (χ2n) is 6.44. The molecule has 0 aliphatic carbocycles. The van der Waals surface area contributed by atoms with Crippen LogP contribution >= 0.6 is 0 Å².